The third kappa shape index (κ3) is 6.57. The van der Waals surface area contributed by atoms with Crippen LogP contribution in [-0.2, 0) is 16.1 Å². The Morgan fingerprint density at radius 3 is 2.92 bits per heavy atom. The molecule has 1 saturated heterocycles. The molecule has 0 unspecified atom stereocenters. The second kappa shape index (κ2) is 9.02. The van der Waals surface area contributed by atoms with Crippen LogP contribution < -0.4 is 0 Å². The van der Waals surface area contributed by atoms with Crippen LogP contribution in [0.25, 0.3) is 0 Å². The zero-order valence-electron chi connectivity index (χ0n) is 14.7. The first-order chi connectivity index (χ1) is 11.3. The highest BCUT2D eigenvalue weighted by Gasteiger charge is 2.29. The van der Waals surface area contributed by atoms with Gasteiger partial charge in [0.1, 0.15) is 5.60 Å². The van der Waals surface area contributed by atoms with Gasteiger partial charge in [-0.15, -0.1) is 11.3 Å². The van der Waals surface area contributed by atoms with Crippen molar-refractivity contribution in [2.24, 2.45) is 0 Å². The van der Waals surface area contributed by atoms with E-state index in [0.717, 1.165) is 37.1 Å². The maximum absolute atomic E-state index is 12.4. The van der Waals surface area contributed by atoms with Gasteiger partial charge in [-0.05, 0) is 52.9 Å². The van der Waals surface area contributed by atoms with Crippen LogP contribution in [0.2, 0.25) is 4.47 Å². The Bertz CT molecular complexity index is 530. The quantitative estimate of drug-likeness (QED) is 0.665. The molecule has 1 aliphatic rings. The van der Waals surface area contributed by atoms with Gasteiger partial charge in [-0.2, -0.15) is 0 Å². The first kappa shape index (κ1) is 19.5. The van der Waals surface area contributed by atoms with Crippen molar-refractivity contribution in [1.29, 1.82) is 0 Å². The van der Waals surface area contributed by atoms with Gasteiger partial charge in [0.2, 0.25) is 0 Å². The van der Waals surface area contributed by atoms with Gasteiger partial charge in [0.15, 0.2) is 4.47 Å². The first-order valence-electron chi connectivity index (χ1n) is 8.53. The Balaban J connectivity index is 1.71. The van der Waals surface area contributed by atoms with E-state index in [1.54, 1.807) is 6.20 Å². The number of carbonyl (C=O) groups excluding carboxylic acids is 1. The molecule has 0 aromatic carbocycles. The molecule has 0 bridgehead atoms. The van der Waals surface area contributed by atoms with Crippen LogP contribution in [0.15, 0.2) is 6.20 Å². The number of halogens is 1. The summed E-state index contributed by atoms with van der Waals surface area (Å²) in [7, 11) is 0. The molecule has 1 aromatic rings. The molecule has 136 valence electrons. The Hall–Kier alpha value is -0.850. The monoisotopic (exact) mass is 374 g/mol. The second-order valence-electron chi connectivity index (χ2n) is 7.10. The third-order valence-electron chi connectivity index (χ3n) is 3.85. The molecule has 0 aliphatic carbocycles. The van der Waals surface area contributed by atoms with Crippen molar-refractivity contribution in [3.63, 3.8) is 0 Å². The summed E-state index contributed by atoms with van der Waals surface area (Å²) >= 11 is 7.24. The number of piperidine rings is 1. The molecule has 2 heterocycles. The fraction of sp³-hybridized carbons (Fsp3) is 0.765. The topological polar surface area (TPSA) is 51.7 Å². The lowest BCUT2D eigenvalue weighted by atomic mass is 9.98. The van der Waals surface area contributed by atoms with Crippen LogP contribution in [0.4, 0.5) is 4.79 Å². The molecule has 1 amide bonds. The highest BCUT2D eigenvalue weighted by Crippen LogP contribution is 2.24. The van der Waals surface area contributed by atoms with E-state index < -0.39 is 5.60 Å². The average molecular weight is 375 g/mol. The van der Waals surface area contributed by atoms with E-state index in [2.05, 4.69) is 4.98 Å². The SMILES string of the molecule is CC(C)(C)OC(=O)N1CCCC[C@@H]1CCCOCc1cnc(Cl)s1. The van der Waals surface area contributed by atoms with Gasteiger partial charge < -0.3 is 14.4 Å². The molecule has 5 nitrogen and oxygen atoms in total. The summed E-state index contributed by atoms with van der Waals surface area (Å²) in [6.07, 6.45) is 6.71. The number of rotatable bonds is 6. The van der Waals surface area contributed by atoms with Crippen molar-refractivity contribution >= 4 is 29.0 Å². The lowest BCUT2D eigenvalue weighted by Gasteiger charge is -2.36. The Morgan fingerprint density at radius 1 is 1.46 bits per heavy atom. The summed E-state index contributed by atoms with van der Waals surface area (Å²) in [6, 6.07) is 0.259. The number of carbonyl (C=O) groups is 1. The minimum absolute atomic E-state index is 0.188. The van der Waals surface area contributed by atoms with Crippen LogP contribution >= 0.6 is 22.9 Å². The van der Waals surface area contributed by atoms with Crippen molar-refractivity contribution in [3.8, 4) is 0 Å². The summed E-state index contributed by atoms with van der Waals surface area (Å²) < 4.78 is 11.8. The fourth-order valence-corrected chi connectivity index (χ4v) is 3.72. The van der Waals surface area contributed by atoms with Crippen LogP contribution in [-0.4, -0.2) is 40.8 Å². The van der Waals surface area contributed by atoms with Crippen LogP contribution in [0.3, 0.4) is 0 Å². The summed E-state index contributed by atoms with van der Waals surface area (Å²) in [5.74, 6) is 0. The summed E-state index contributed by atoms with van der Waals surface area (Å²) in [5.41, 5.74) is -0.446. The number of nitrogens with zero attached hydrogens (tertiary/aromatic N) is 2. The van der Waals surface area contributed by atoms with Gasteiger partial charge in [0.05, 0.1) is 11.5 Å². The highest BCUT2D eigenvalue weighted by atomic mass is 35.5. The second-order valence-corrected chi connectivity index (χ2v) is 8.80. The zero-order valence-corrected chi connectivity index (χ0v) is 16.3. The molecule has 0 spiro atoms. The first-order valence-corrected chi connectivity index (χ1v) is 9.72. The molecule has 1 fully saturated rings. The molecule has 0 saturated carbocycles. The molecule has 7 heteroatoms. The van der Waals surface area contributed by atoms with E-state index in [-0.39, 0.29) is 12.1 Å². The van der Waals surface area contributed by atoms with Crippen molar-refractivity contribution in [3.05, 3.63) is 15.5 Å². The van der Waals surface area contributed by atoms with E-state index in [9.17, 15) is 4.79 Å². The van der Waals surface area contributed by atoms with E-state index in [1.807, 2.05) is 25.7 Å². The predicted octanol–water partition coefficient (Wildman–Crippen LogP) is 4.88. The Labute approximate surface area is 153 Å². The largest absolute Gasteiger partial charge is 0.444 e. The maximum Gasteiger partial charge on any atom is 0.410 e. The molecule has 0 N–H and O–H groups in total. The molecule has 1 aromatic heterocycles. The lowest BCUT2D eigenvalue weighted by Crippen LogP contribution is -2.46. The van der Waals surface area contributed by atoms with Gasteiger partial charge in [-0.3, -0.25) is 0 Å². The number of likely N-dealkylation sites (tertiary alicyclic amines) is 1. The van der Waals surface area contributed by atoms with E-state index in [0.29, 0.717) is 17.7 Å². The minimum Gasteiger partial charge on any atom is -0.444 e. The molecular formula is C17H27ClN2O3S. The smallest absolute Gasteiger partial charge is 0.410 e. The summed E-state index contributed by atoms with van der Waals surface area (Å²) in [5, 5.41) is 0. The highest BCUT2D eigenvalue weighted by molar-refractivity contribution is 7.15. The molecule has 1 atom stereocenters. The molecule has 1 aliphatic heterocycles. The normalized spacial score (nSPS) is 18.7. The Morgan fingerprint density at radius 2 is 2.25 bits per heavy atom. The predicted molar refractivity (Wildman–Crippen MR) is 96.6 cm³/mol. The van der Waals surface area contributed by atoms with Crippen molar-refractivity contribution in [2.75, 3.05) is 13.2 Å². The molecule has 0 radical (unpaired) electrons. The van der Waals surface area contributed by atoms with Crippen LogP contribution in [0.5, 0.6) is 0 Å². The van der Waals surface area contributed by atoms with E-state index >= 15 is 0 Å². The number of amides is 1. The number of thiazole rings is 1. The number of ether oxygens (including phenoxy) is 2. The van der Waals surface area contributed by atoms with Gasteiger partial charge >= 0.3 is 6.09 Å². The molecule has 2 rings (SSSR count). The van der Waals surface area contributed by atoms with Crippen LogP contribution in [0.1, 0.15) is 57.8 Å². The van der Waals surface area contributed by atoms with E-state index in [4.69, 9.17) is 21.1 Å². The average Bonchev–Trinajstić information content (AvgIpc) is 2.91. The fourth-order valence-electron chi connectivity index (χ4n) is 2.81. The van der Waals surface area contributed by atoms with Crippen LogP contribution in [0, 0.1) is 0 Å². The standard InChI is InChI=1S/C17H27ClN2O3S/c1-17(2,3)23-16(21)20-9-5-4-7-13(20)8-6-10-22-12-14-11-19-15(18)24-14/h11,13H,4-10,12H2,1-3H3/t13-/m1/s1. The lowest BCUT2D eigenvalue weighted by molar-refractivity contribution is 0.00728. The van der Waals surface area contributed by atoms with Gasteiger partial charge in [0, 0.05) is 25.4 Å². The van der Waals surface area contributed by atoms with Crippen molar-refractivity contribution < 1.29 is 14.3 Å². The number of hydrogen-bond donors (Lipinski definition) is 0. The summed E-state index contributed by atoms with van der Waals surface area (Å²) in [4.78, 5) is 19.3. The molecular weight excluding hydrogens is 348 g/mol. The zero-order chi connectivity index (χ0) is 17.6. The van der Waals surface area contributed by atoms with Crippen molar-refractivity contribution in [1.82, 2.24) is 9.88 Å². The van der Waals surface area contributed by atoms with E-state index in [1.165, 1.54) is 17.8 Å². The van der Waals surface area contributed by atoms with Gasteiger partial charge in [-0.25, -0.2) is 9.78 Å². The van der Waals surface area contributed by atoms with Gasteiger partial charge in [0.25, 0.3) is 0 Å². The Kier molecular flexibility index (Phi) is 7.32. The maximum atomic E-state index is 12.4. The number of hydrogen-bond acceptors (Lipinski definition) is 5. The molecule has 24 heavy (non-hydrogen) atoms. The number of aromatic nitrogens is 1. The third-order valence-corrected chi connectivity index (χ3v) is 4.94. The minimum atomic E-state index is -0.446. The van der Waals surface area contributed by atoms with Gasteiger partial charge in [-0.1, -0.05) is 11.6 Å². The summed E-state index contributed by atoms with van der Waals surface area (Å²) in [6.45, 7) is 7.73. The van der Waals surface area contributed by atoms with Crippen molar-refractivity contribution in [2.45, 2.75) is 71.1 Å².